The first-order valence-corrected chi connectivity index (χ1v) is 15.4. The maximum atomic E-state index is 14.0. The van der Waals surface area contributed by atoms with E-state index in [-0.39, 0.29) is 17.7 Å². The number of aryl methyl sites for hydroxylation is 1. The molecule has 0 aromatic heterocycles. The first-order chi connectivity index (χ1) is 21.7. The lowest BCUT2D eigenvalue weighted by Crippen LogP contribution is -2.51. The second kappa shape index (κ2) is 16.0. The normalized spacial score (nSPS) is 16.0. The summed E-state index contributed by atoms with van der Waals surface area (Å²) in [7, 11) is 3.16. The van der Waals surface area contributed by atoms with E-state index in [0.717, 1.165) is 24.0 Å². The number of piperidine rings is 1. The molecule has 4 rings (SSSR count). The van der Waals surface area contributed by atoms with Crippen LogP contribution in [-0.2, 0) is 25.5 Å². The van der Waals surface area contributed by atoms with Gasteiger partial charge in [0.05, 0.1) is 20.1 Å². The minimum absolute atomic E-state index is 0.0428. The van der Waals surface area contributed by atoms with Gasteiger partial charge in [-0.05, 0) is 79.0 Å². The van der Waals surface area contributed by atoms with E-state index >= 15 is 0 Å². The van der Waals surface area contributed by atoms with Crippen LogP contribution in [0.25, 0.3) is 0 Å². The molecule has 0 spiro atoms. The molecule has 9 nitrogen and oxygen atoms in total. The SMILES string of the molecule is COc1ccc(CC[C@@H](OC(=O)[C@@H]2CCCCN2C(=O)[C@@H](c2ccccc2)C(C)C)c2cccc(OCC(=O)O)c2)cc1OC. The van der Waals surface area contributed by atoms with Crippen molar-refractivity contribution in [3.05, 3.63) is 89.5 Å². The molecule has 0 unspecified atom stereocenters. The number of benzene rings is 3. The predicted octanol–water partition coefficient (Wildman–Crippen LogP) is 6.21. The van der Waals surface area contributed by atoms with Gasteiger partial charge in [0.15, 0.2) is 18.1 Å². The number of nitrogens with zero attached hydrogens (tertiary/aromatic N) is 1. The third-order valence-electron chi connectivity index (χ3n) is 8.14. The number of aliphatic carboxylic acids is 1. The number of ether oxygens (including phenoxy) is 4. The Bertz CT molecular complexity index is 1440. The number of carbonyl (C=O) groups is 3. The van der Waals surface area contributed by atoms with E-state index in [1.54, 1.807) is 37.3 Å². The number of carboxylic acid groups (broad SMARTS) is 1. The first-order valence-electron chi connectivity index (χ1n) is 15.4. The fourth-order valence-corrected chi connectivity index (χ4v) is 5.89. The second-order valence-electron chi connectivity index (χ2n) is 11.6. The van der Waals surface area contributed by atoms with Crippen molar-refractivity contribution in [2.24, 2.45) is 5.92 Å². The minimum Gasteiger partial charge on any atom is -0.493 e. The zero-order chi connectivity index (χ0) is 32.3. The van der Waals surface area contributed by atoms with Crippen molar-refractivity contribution in [3.63, 3.8) is 0 Å². The molecule has 9 heteroatoms. The molecule has 1 fully saturated rings. The number of rotatable bonds is 14. The molecule has 0 saturated carbocycles. The van der Waals surface area contributed by atoms with Crippen molar-refractivity contribution in [2.75, 3.05) is 27.4 Å². The quantitative estimate of drug-likeness (QED) is 0.213. The summed E-state index contributed by atoms with van der Waals surface area (Å²) in [5.74, 6) is -0.360. The number of hydrogen-bond donors (Lipinski definition) is 1. The van der Waals surface area contributed by atoms with E-state index < -0.39 is 30.7 Å². The number of carbonyl (C=O) groups excluding carboxylic acids is 2. The number of esters is 1. The Labute approximate surface area is 265 Å². The molecule has 1 heterocycles. The number of amides is 1. The van der Waals surface area contributed by atoms with E-state index in [9.17, 15) is 14.4 Å². The van der Waals surface area contributed by atoms with Crippen molar-refractivity contribution in [1.29, 1.82) is 0 Å². The molecule has 0 aliphatic carbocycles. The molecule has 45 heavy (non-hydrogen) atoms. The summed E-state index contributed by atoms with van der Waals surface area (Å²) in [4.78, 5) is 40.8. The van der Waals surface area contributed by atoms with Crippen LogP contribution in [0.5, 0.6) is 17.2 Å². The largest absolute Gasteiger partial charge is 0.493 e. The Morgan fingerprint density at radius 3 is 2.31 bits per heavy atom. The molecule has 1 N–H and O–H groups in total. The predicted molar refractivity (Wildman–Crippen MR) is 170 cm³/mol. The van der Waals surface area contributed by atoms with Crippen LogP contribution in [-0.4, -0.2) is 61.3 Å². The van der Waals surface area contributed by atoms with Crippen molar-refractivity contribution in [2.45, 2.75) is 64.0 Å². The van der Waals surface area contributed by atoms with Crippen molar-refractivity contribution in [3.8, 4) is 17.2 Å². The second-order valence-corrected chi connectivity index (χ2v) is 11.6. The van der Waals surface area contributed by atoms with Gasteiger partial charge in [0.1, 0.15) is 17.9 Å². The molecular formula is C36H43NO8. The van der Waals surface area contributed by atoms with Crippen molar-refractivity contribution in [1.82, 2.24) is 4.90 Å². The van der Waals surface area contributed by atoms with Gasteiger partial charge in [-0.25, -0.2) is 9.59 Å². The molecule has 0 bridgehead atoms. The molecule has 1 amide bonds. The van der Waals surface area contributed by atoms with Gasteiger partial charge in [0, 0.05) is 6.54 Å². The topological polar surface area (TPSA) is 112 Å². The molecule has 1 saturated heterocycles. The molecule has 240 valence electrons. The highest BCUT2D eigenvalue weighted by Gasteiger charge is 2.38. The number of carboxylic acids is 1. The molecule has 3 aromatic carbocycles. The lowest BCUT2D eigenvalue weighted by atomic mass is 9.86. The first kappa shape index (κ1) is 33.4. The fraction of sp³-hybridized carbons (Fsp3) is 0.417. The van der Waals surface area contributed by atoms with Gasteiger partial charge < -0.3 is 29.0 Å². The van der Waals surface area contributed by atoms with Crippen LogP contribution in [0.4, 0.5) is 0 Å². The Morgan fingerprint density at radius 2 is 1.62 bits per heavy atom. The third kappa shape index (κ3) is 8.77. The highest BCUT2D eigenvalue weighted by molar-refractivity contribution is 5.89. The van der Waals surface area contributed by atoms with Crippen LogP contribution in [0, 0.1) is 5.92 Å². The summed E-state index contributed by atoms with van der Waals surface area (Å²) >= 11 is 0. The summed E-state index contributed by atoms with van der Waals surface area (Å²) in [5.41, 5.74) is 2.56. The van der Waals surface area contributed by atoms with E-state index in [4.69, 9.17) is 24.1 Å². The highest BCUT2D eigenvalue weighted by atomic mass is 16.5. The fourth-order valence-electron chi connectivity index (χ4n) is 5.89. The van der Waals surface area contributed by atoms with Gasteiger partial charge in [-0.1, -0.05) is 62.4 Å². The van der Waals surface area contributed by atoms with Gasteiger partial charge >= 0.3 is 11.9 Å². The van der Waals surface area contributed by atoms with E-state index in [2.05, 4.69) is 0 Å². The van der Waals surface area contributed by atoms with Crippen LogP contribution in [0.3, 0.4) is 0 Å². The van der Waals surface area contributed by atoms with Gasteiger partial charge in [-0.2, -0.15) is 0 Å². The monoisotopic (exact) mass is 617 g/mol. The summed E-state index contributed by atoms with van der Waals surface area (Å²) in [6.45, 7) is 4.05. The molecular weight excluding hydrogens is 574 g/mol. The molecule has 1 aliphatic heterocycles. The Hall–Kier alpha value is -4.53. The standard InChI is InChI=1S/C36H43NO8/c1-24(2)34(26-11-6-5-7-12-26)35(40)37-20-9-8-15-29(37)36(41)45-30(27-13-10-14-28(22-27)44-23-33(38)39)18-16-25-17-19-31(42-3)32(21-25)43-4/h5-7,10-14,17,19,21-22,24,29-30,34H,8-9,15-16,18,20,23H2,1-4H3,(H,38,39)/t29-,30+,34+/m0/s1. The van der Waals surface area contributed by atoms with Crippen LogP contribution < -0.4 is 14.2 Å². The zero-order valence-electron chi connectivity index (χ0n) is 26.4. The minimum atomic E-state index is -1.09. The lowest BCUT2D eigenvalue weighted by molar-refractivity contribution is -0.163. The lowest BCUT2D eigenvalue weighted by Gasteiger charge is -2.38. The van der Waals surface area contributed by atoms with Crippen molar-refractivity contribution >= 4 is 17.8 Å². The average Bonchev–Trinajstić information content (AvgIpc) is 3.05. The summed E-state index contributed by atoms with van der Waals surface area (Å²) in [6.07, 6.45) is 2.47. The Balaban J connectivity index is 1.59. The third-order valence-corrected chi connectivity index (χ3v) is 8.14. The molecule has 0 radical (unpaired) electrons. The van der Waals surface area contributed by atoms with Gasteiger partial charge in [0.2, 0.25) is 5.91 Å². The number of methoxy groups -OCH3 is 2. The summed E-state index contributed by atoms with van der Waals surface area (Å²) in [5, 5.41) is 9.08. The smallest absolute Gasteiger partial charge is 0.341 e. The average molecular weight is 618 g/mol. The maximum Gasteiger partial charge on any atom is 0.341 e. The number of likely N-dealkylation sites (tertiary alicyclic amines) is 1. The van der Waals surface area contributed by atoms with Gasteiger partial charge in [-0.15, -0.1) is 0 Å². The highest BCUT2D eigenvalue weighted by Crippen LogP contribution is 2.34. The number of hydrogen-bond acceptors (Lipinski definition) is 7. The van der Waals surface area contributed by atoms with Crippen LogP contribution >= 0.6 is 0 Å². The van der Waals surface area contributed by atoms with Gasteiger partial charge in [0.25, 0.3) is 0 Å². The molecule has 3 aromatic rings. The Morgan fingerprint density at radius 1 is 0.889 bits per heavy atom. The van der Waals surface area contributed by atoms with Crippen molar-refractivity contribution < 1.29 is 38.4 Å². The summed E-state index contributed by atoms with van der Waals surface area (Å²) < 4.78 is 22.5. The van der Waals surface area contributed by atoms with E-state index in [0.29, 0.717) is 48.6 Å². The summed E-state index contributed by atoms with van der Waals surface area (Å²) in [6, 6.07) is 21.6. The maximum absolute atomic E-state index is 14.0. The van der Waals surface area contributed by atoms with E-state index in [1.165, 1.54) is 0 Å². The Kier molecular flexibility index (Phi) is 11.8. The molecule has 1 aliphatic rings. The van der Waals surface area contributed by atoms with Crippen LogP contribution in [0.2, 0.25) is 0 Å². The van der Waals surface area contributed by atoms with Crippen LogP contribution in [0.1, 0.15) is 68.2 Å². The zero-order valence-corrected chi connectivity index (χ0v) is 26.4. The van der Waals surface area contributed by atoms with Crippen LogP contribution in [0.15, 0.2) is 72.8 Å². The van der Waals surface area contributed by atoms with E-state index in [1.807, 2.05) is 68.4 Å². The molecule has 3 atom stereocenters. The van der Waals surface area contributed by atoms with Gasteiger partial charge in [-0.3, -0.25) is 4.79 Å².